The fourth-order valence-electron chi connectivity index (χ4n) is 7.92. The lowest BCUT2D eigenvalue weighted by Gasteiger charge is -2.44. The number of fused-ring (bicyclic) bond motifs is 1. The van der Waals surface area contributed by atoms with Gasteiger partial charge >= 0.3 is 0 Å². The smallest absolute Gasteiger partial charge is 0.222 e. The van der Waals surface area contributed by atoms with Crippen LogP contribution in [0.5, 0.6) is 5.75 Å². The van der Waals surface area contributed by atoms with Gasteiger partial charge in [-0.3, -0.25) is 9.59 Å². The van der Waals surface area contributed by atoms with Crippen LogP contribution in [0.25, 0.3) is 0 Å². The number of hydrogen-bond acceptors (Lipinski definition) is 4. The zero-order chi connectivity index (χ0) is 27.8. The van der Waals surface area contributed by atoms with E-state index in [4.69, 9.17) is 4.74 Å². The van der Waals surface area contributed by atoms with Crippen LogP contribution in [-0.4, -0.2) is 78.9 Å². The van der Waals surface area contributed by atoms with Crippen molar-refractivity contribution in [2.24, 2.45) is 11.3 Å². The molecular weight excluding hydrogens is 498 g/mol. The van der Waals surface area contributed by atoms with E-state index >= 15 is 0 Å². The van der Waals surface area contributed by atoms with Crippen molar-refractivity contribution in [3.8, 4) is 5.75 Å². The fraction of sp³-hybridized carbons (Fsp3) is 0.765. The predicted octanol–water partition coefficient (Wildman–Crippen LogP) is 6.07. The van der Waals surface area contributed by atoms with Gasteiger partial charge in [0.05, 0.1) is 6.61 Å². The zero-order valence-corrected chi connectivity index (χ0v) is 25.1. The third-order valence-corrected chi connectivity index (χ3v) is 10.5. The number of nitrogens with zero attached hydrogens (tertiary/aromatic N) is 3. The summed E-state index contributed by atoms with van der Waals surface area (Å²) < 4.78 is 6.04. The largest absolute Gasteiger partial charge is 0.493 e. The molecule has 222 valence electrons. The fourth-order valence-corrected chi connectivity index (χ4v) is 7.92. The molecule has 0 aromatic heterocycles. The molecule has 2 saturated heterocycles. The Bertz CT molecular complexity index is 959. The first-order valence-electron chi connectivity index (χ1n) is 16.5. The Hall–Kier alpha value is -2.08. The summed E-state index contributed by atoms with van der Waals surface area (Å²) in [6.07, 6.45) is 17.8. The monoisotopic (exact) mass is 551 g/mol. The Kier molecular flexibility index (Phi) is 10.4. The summed E-state index contributed by atoms with van der Waals surface area (Å²) in [6, 6.07) is 9.17. The maximum Gasteiger partial charge on any atom is 0.222 e. The maximum atomic E-state index is 13.4. The Morgan fingerprint density at radius 2 is 1.62 bits per heavy atom. The van der Waals surface area contributed by atoms with Crippen LogP contribution in [0, 0.1) is 11.3 Å². The number of para-hydroxylation sites is 1. The van der Waals surface area contributed by atoms with E-state index in [2.05, 4.69) is 28.0 Å². The van der Waals surface area contributed by atoms with E-state index < -0.39 is 0 Å². The molecule has 0 bridgehead atoms. The summed E-state index contributed by atoms with van der Waals surface area (Å²) >= 11 is 0. The van der Waals surface area contributed by atoms with Crippen molar-refractivity contribution >= 4 is 11.8 Å². The molecule has 1 aliphatic carbocycles. The molecule has 0 unspecified atom stereocenters. The van der Waals surface area contributed by atoms with Crippen LogP contribution in [0.4, 0.5) is 0 Å². The molecule has 5 rings (SSSR count). The molecule has 4 aliphatic rings. The van der Waals surface area contributed by atoms with E-state index in [-0.39, 0.29) is 11.3 Å². The van der Waals surface area contributed by atoms with Crippen molar-refractivity contribution in [3.63, 3.8) is 0 Å². The van der Waals surface area contributed by atoms with Crippen molar-refractivity contribution in [3.05, 3.63) is 29.8 Å². The molecule has 40 heavy (non-hydrogen) atoms. The average Bonchev–Trinajstić information content (AvgIpc) is 2.99. The van der Waals surface area contributed by atoms with E-state index in [1.807, 2.05) is 18.0 Å². The minimum absolute atomic E-state index is 0.118. The van der Waals surface area contributed by atoms with Gasteiger partial charge in [-0.25, -0.2) is 0 Å². The van der Waals surface area contributed by atoms with Crippen molar-refractivity contribution in [2.75, 3.05) is 46.4 Å². The number of amides is 2. The Labute approximate surface area is 242 Å². The third-order valence-electron chi connectivity index (χ3n) is 10.5. The highest BCUT2D eigenvalue weighted by Crippen LogP contribution is 2.39. The lowest BCUT2D eigenvalue weighted by molar-refractivity contribution is -0.137. The highest BCUT2D eigenvalue weighted by Gasteiger charge is 2.38. The van der Waals surface area contributed by atoms with Crippen LogP contribution >= 0.6 is 0 Å². The molecule has 1 aromatic carbocycles. The first kappa shape index (κ1) is 29.4. The number of hydrogen-bond donors (Lipinski definition) is 0. The number of piperidine rings is 2. The summed E-state index contributed by atoms with van der Waals surface area (Å²) in [5.41, 5.74) is 1.40. The molecule has 6 nitrogen and oxygen atoms in total. The van der Waals surface area contributed by atoms with Gasteiger partial charge in [0.1, 0.15) is 5.75 Å². The summed E-state index contributed by atoms with van der Waals surface area (Å²) in [5.74, 6) is 2.11. The van der Waals surface area contributed by atoms with Gasteiger partial charge in [0.15, 0.2) is 0 Å². The van der Waals surface area contributed by atoms with Gasteiger partial charge < -0.3 is 19.4 Å². The van der Waals surface area contributed by atoms with Gasteiger partial charge in [0, 0.05) is 45.6 Å². The van der Waals surface area contributed by atoms with Crippen LogP contribution in [0.1, 0.15) is 102 Å². The SMILES string of the molecule is CN1CC2(CCCCc3ccccc3OCCCC1=O)CCN(C(=O)CC1CCN(C3CCCCC3)CC1)CC2. The van der Waals surface area contributed by atoms with Crippen LogP contribution in [0.3, 0.4) is 0 Å². The average molecular weight is 552 g/mol. The molecule has 3 fully saturated rings. The highest BCUT2D eigenvalue weighted by molar-refractivity contribution is 5.77. The van der Waals surface area contributed by atoms with E-state index in [0.717, 1.165) is 82.8 Å². The number of carbonyl (C=O) groups is 2. The molecule has 0 atom stereocenters. The minimum atomic E-state index is 0.118. The van der Waals surface area contributed by atoms with Gasteiger partial charge in [0.2, 0.25) is 11.8 Å². The van der Waals surface area contributed by atoms with E-state index in [0.29, 0.717) is 24.9 Å². The number of benzene rings is 1. The van der Waals surface area contributed by atoms with E-state index in [9.17, 15) is 9.59 Å². The number of likely N-dealkylation sites (tertiary alicyclic amines) is 2. The van der Waals surface area contributed by atoms with Crippen LogP contribution in [0.15, 0.2) is 24.3 Å². The maximum absolute atomic E-state index is 13.4. The molecule has 1 aromatic rings. The van der Waals surface area contributed by atoms with Gasteiger partial charge in [-0.1, -0.05) is 43.9 Å². The van der Waals surface area contributed by atoms with Crippen molar-refractivity contribution in [2.45, 2.75) is 109 Å². The normalized spacial score (nSPS) is 24.8. The second kappa shape index (κ2) is 14.2. The zero-order valence-electron chi connectivity index (χ0n) is 25.1. The molecule has 3 heterocycles. The van der Waals surface area contributed by atoms with Gasteiger partial charge in [-0.05, 0) is 100 Å². The van der Waals surface area contributed by atoms with Crippen molar-refractivity contribution in [1.29, 1.82) is 0 Å². The summed E-state index contributed by atoms with van der Waals surface area (Å²) in [6.45, 7) is 5.45. The number of aryl methyl sites for hydroxylation is 1. The minimum Gasteiger partial charge on any atom is -0.493 e. The molecule has 1 spiro atoms. The number of carbonyl (C=O) groups excluding carboxylic acids is 2. The molecule has 2 amide bonds. The lowest BCUT2D eigenvalue weighted by atomic mass is 9.73. The van der Waals surface area contributed by atoms with Gasteiger partial charge in [-0.15, -0.1) is 0 Å². The number of rotatable bonds is 3. The molecule has 0 radical (unpaired) electrons. The molecular formula is C34H53N3O3. The van der Waals surface area contributed by atoms with Gasteiger partial charge in [-0.2, -0.15) is 0 Å². The van der Waals surface area contributed by atoms with Crippen molar-refractivity contribution in [1.82, 2.24) is 14.7 Å². The Balaban J connectivity index is 1.13. The summed E-state index contributed by atoms with van der Waals surface area (Å²) in [7, 11) is 1.98. The first-order chi connectivity index (χ1) is 19.5. The summed E-state index contributed by atoms with van der Waals surface area (Å²) in [5, 5.41) is 0. The molecule has 0 N–H and O–H groups in total. The van der Waals surface area contributed by atoms with Crippen LogP contribution in [0.2, 0.25) is 0 Å². The Morgan fingerprint density at radius 3 is 2.40 bits per heavy atom. The molecule has 6 heteroatoms. The molecule has 3 aliphatic heterocycles. The van der Waals surface area contributed by atoms with Crippen LogP contribution in [-0.2, 0) is 16.0 Å². The van der Waals surface area contributed by atoms with E-state index in [1.54, 1.807) is 0 Å². The standard InChI is InChI=1S/C34H53N3O3/c1-35-27-34(18-8-7-11-29-10-5-6-14-31(29)40-25-9-15-32(35)38)19-23-37(24-20-34)33(39)26-28-16-21-36(22-17-28)30-12-3-2-4-13-30/h5-6,10,14,28,30H,2-4,7-9,11-13,15-27H2,1H3. The quantitative estimate of drug-likeness (QED) is 0.457. The predicted molar refractivity (Wildman–Crippen MR) is 160 cm³/mol. The molecule has 1 saturated carbocycles. The van der Waals surface area contributed by atoms with Gasteiger partial charge in [0.25, 0.3) is 0 Å². The van der Waals surface area contributed by atoms with Crippen molar-refractivity contribution < 1.29 is 14.3 Å². The lowest BCUT2D eigenvalue weighted by Crippen LogP contribution is -2.49. The third kappa shape index (κ3) is 7.80. The van der Waals surface area contributed by atoms with E-state index in [1.165, 1.54) is 63.6 Å². The summed E-state index contributed by atoms with van der Waals surface area (Å²) in [4.78, 5) is 33.2. The van der Waals surface area contributed by atoms with Crippen LogP contribution < -0.4 is 4.74 Å². The highest BCUT2D eigenvalue weighted by atomic mass is 16.5. The second-order valence-corrected chi connectivity index (χ2v) is 13.4. The number of ether oxygens (including phenoxy) is 1. The topological polar surface area (TPSA) is 53.1 Å². The first-order valence-corrected chi connectivity index (χ1v) is 16.5. The second-order valence-electron chi connectivity index (χ2n) is 13.4. The Morgan fingerprint density at radius 1 is 0.875 bits per heavy atom.